The molecule has 0 unspecified atom stereocenters. The molecule has 0 aromatic heterocycles. The van der Waals surface area contributed by atoms with Gasteiger partial charge in [0.05, 0.1) is 13.2 Å². The third-order valence-corrected chi connectivity index (χ3v) is 1.79. The Labute approximate surface area is 77.9 Å². The zero-order valence-corrected chi connectivity index (χ0v) is 7.79. The van der Waals surface area contributed by atoms with Crippen molar-refractivity contribution in [2.75, 3.05) is 19.0 Å². The summed E-state index contributed by atoms with van der Waals surface area (Å²) < 4.78 is 5.06. The van der Waals surface area contributed by atoms with E-state index in [0.717, 1.165) is 17.0 Å². The highest BCUT2D eigenvalue weighted by atomic mass is 16.5. The van der Waals surface area contributed by atoms with Crippen LogP contribution >= 0.6 is 0 Å². The van der Waals surface area contributed by atoms with E-state index in [1.165, 1.54) is 0 Å². The predicted octanol–water partition coefficient (Wildman–Crippen LogP) is 1.94. The van der Waals surface area contributed by atoms with Gasteiger partial charge in [-0.05, 0) is 30.7 Å². The molecule has 3 heteroatoms. The highest BCUT2D eigenvalue weighted by Gasteiger charge is 1.98. The van der Waals surface area contributed by atoms with Gasteiger partial charge in [0.25, 0.3) is 0 Å². The Morgan fingerprint density at radius 2 is 2.31 bits per heavy atom. The van der Waals surface area contributed by atoms with Crippen LogP contribution in [0.1, 0.15) is 5.56 Å². The third-order valence-electron chi connectivity index (χ3n) is 1.79. The van der Waals surface area contributed by atoms with Crippen LogP contribution in [0.3, 0.4) is 0 Å². The molecule has 1 aromatic rings. The maximum absolute atomic E-state index is 8.38. The smallest absolute Gasteiger partial charge is 0.119 e. The van der Waals surface area contributed by atoms with E-state index in [2.05, 4.69) is 5.32 Å². The molecular formula is C10H12N2O. The Balaban J connectivity index is 2.80. The minimum absolute atomic E-state index is 0.327. The van der Waals surface area contributed by atoms with Gasteiger partial charge in [-0.1, -0.05) is 0 Å². The summed E-state index contributed by atoms with van der Waals surface area (Å²) in [5.41, 5.74) is 2.05. The van der Waals surface area contributed by atoms with E-state index in [1.807, 2.05) is 31.2 Å². The van der Waals surface area contributed by atoms with Crippen molar-refractivity contribution in [2.45, 2.75) is 6.92 Å². The molecule has 0 saturated heterocycles. The molecule has 0 aliphatic heterocycles. The van der Waals surface area contributed by atoms with Gasteiger partial charge in [0.1, 0.15) is 12.3 Å². The molecule has 0 amide bonds. The summed E-state index contributed by atoms with van der Waals surface area (Å²) >= 11 is 0. The van der Waals surface area contributed by atoms with Crippen molar-refractivity contribution in [2.24, 2.45) is 0 Å². The van der Waals surface area contributed by atoms with Gasteiger partial charge in [0.15, 0.2) is 0 Å². The average Bonchev–Trinajstić information content (AvgIpc) is 2.16. The van der Waals surface area contributed by atoms with Gasteiger partial charge in [-0.15, -0.1) is 0 Å². The molecule has 1 N–H and O–H groups in total. The summed E-state index contributed by atoms with van der Waals surface area (Å²) in [6.45, 7) is 2.30. The predicted molar refractivity (Wildman–Crippen MR) is 51.8 cm³/mol. The lowest BCUT2D eigenvalue weighted by Gasteiger charge is -2.07. The van der Waals surface area contributed by atoms with E-state index < -0.39 is 0 Å². The summed E-state index contributed by atoms with van der Waals surface area (Å²) in [5, 5.41) is 11.4. The van der Waals surface area contributed by atoms with E-state index in [1.54, 1.807) is 7.11 Å². The lowest BCUT2D eigenvalue weighted by Crippen LogP contribution is -2.00. The summed E-state index contributed by atoms with van der Waals surface area (Å²) in [4.78, 5) is 0. The van der Waals surface area contributed by atoms with E-state index in [4.69, 9.17) is 10.00 Å². The first-order chi connectivity index (χ1) is 6.27. The van der Waals surface area contributed by atoms with Crippen molar-refractivity contribution < 1.29 is 4.74 Å². The first kappa shape index (κ1) is 9.40. The van der Waals surface area contributed by atoms with Crippen LogP contribution < -0.4 is 10.1 Å². The SMILES string of the molecule is COc1ccc(NCC#N)c(C)c1. The molecule has 3 nitrogen and oxygen atoms in total. The fourth-order valence-electron chi connectivity index (χ4n) is 1.10. The number of hydrogen-bond donors (Lipinski definition) is 1. The summed E-state index contributed by atoms with van der Waals surface area (Å²) in [6.07, 6.45) is 0. The van der Waals surface area contributed by atoms with Gasteiger partial charge in [-0.25, -0.2) is 0 Å². The summed E-state index contributed by atoms with van der Waals surface area (Å²) in [6, 6.07) is 7.74. The van der Waals surface area contributed by atoms with Crippen LogP contribution in [0.15, 0.2) is 18.2 Å². The van der Waals surface area contributed by atoms with Gasteiger partial charge in [0.2, 0.25) is 0 Å². The van der Waals surface area contributed by atoms with Gasteiger partial charge >= 0.3 is 0 Å². The second-order valence-corrected chi connectivity index (χ2v) is 2.69. The lowest BCUT2D eigenvalue weighted by atomic mass is 10.2. The molecule has 0 atom stereocenters. The molecule has 1 rings (SSSR count). The molecule has 0 fully saturated rings. The highest BCUT2D eigenvalue weighted by Crippen LogP contribution is 2.20. The number of aryl methyl sites for hydroxylation is 1. The Kier molecular flexibility index (Phi) is 3.15. The number of nitrogens with zero attached hydrogens (tertiary/aromatic N) is 1. The highest BCUT2D eigenvalue weighted by molar-refractivity contribution is 5.53. The van der Waals surface area contributed by atoms with Gasteiger partial charge in [-0.3, -0.25) is 0 Å². The lowest BCUT2D eigenvalue weighted by molar-refractivity contribution is 0.414. The first-order valence-electron chi connectivity index (χ1n) is 4.03. The first-order valence-corrected chi connectivity index (χ1v) is 4.03. The van der Waals surface area contributed by atoms with E-state index in [0.29, 0.717) is 6.54 Å². The fraction of sp³-hybridized carbons (Fsp3) is 0.300. The number of anilines is 1. The average molecular weight is 176 g/mol. The minimum Gasteiger partial charge on any atom is -0.497 e. The number of nitrogens with one attached hydrogen (secondary N) is 1. The van der Waals surface area contributed by atoms with E-state index in [9.17, 15) is 0 Å². The standard InChI is InChI=1S/C10H12N2O/c1-8-7-9(13-2)3-4-10(8)12-6-5-11/h3-4,7,12H,6H2,1-2H3. The fourth-order valence-corrected chi connectivity index (χ4v) is 1.10. The van der Waals surface area contributed by atoms with Crippen LogP contribution in [-0.4, -0.2) is 13.7 Å². The molecule has 0 spiro atoms. The Bertz CT molecular complexity index is 328. The van der Waals surface area contributed by atoms with Crippen molar-refractivity contribution in [3.63, 3.8) is 0 Å². The van der Waals surface area contributed by atoms with Crippen molar-refractivity contribution in [1.29, 1.82) is 5.26 Å². The Morgan fingerprint density at radius 3 is 2.85 bits per heavy atom. The second kappa shape index (κ2) is 4.36. The largest absolute Gasteiger partial charge is 0.497 e. The molecule has 0 aliphatic rings. The number of rotatable bonds is 3. The maximum Gasteiger partial charge on any atom is 0.119 e. The van der Waals surface area contributed by atoms with Crippen LogP contribution in [0.4, 0.5) is 5.69 Å². The van der Waals surface area contributed by atoms with Crippen molar-refractivity contribution in [1.82, 2.24) is 0 Å². The quantitative estimate of drug-likeness (QED) is 0.716. The molecule has 0 radical (unpaired) electrons. The minimum atomic E-state index is 0.327. The van der Waals surface area contributed by atoms with Gasteiger partial charge in [0, 0.05) is 5.69 Å². The second-order valence-electron chi connectivity index (χ2n) is 2.69. The molecule has 0 bridgehead atoms. The van der Waals surface area contributed by atoms with Crippen LogP contribution in [-0.2, 0) is 0 Å². The zero-order valence-electron chi connectivity index (χ0n) is 7.79. The van der Waals surface area contributed by atoms with Crippen LogP contribution in [0.5, 0.6) is 5.75 Å². The molecule has 1 aromatic carbocycles. The van der Waals surface area contributed by atoms with Crippen molar-refractivity contribution in [3.8, 4) is 11.8 Å². The molecule has 0 aliphatic carbocycles. The molecule has 0 heterocycles. The van der Waals surface area contributed by atoms with Gasteiger partial charge < -0.3 is 10.1 Å². The normalized spacial score (nSPS) is 9.00. The summed E-state index contributed by atoms with van der Waals surface area (Å²) in [7, 11) is 1.64. The van der Waals surface area contributed by atoms with Gasteiger partial charge in [-0.2, -0.15) is 5.26 Å². The number of hydrogen-bond acceptors (Lipinski definition) is 3. The molecule has 13 heavy (non-hydrogen) atoms. The monoisotopic (exact) mass is 176 g/mol. The number of methoxy groups -OCH3 is 1. The maximum atomic E-state index is 8.38. The Morgan fingerprint density at radius 1 is 1.54 bits per heavy atom. The van der Waals surface area contributed by atoms with Crippen molar-refractivity contribution >= 4 is 5.69 Å². The van der Waals surface area contributed by atoms with Crippen LogP contribution in [0, 0.1) is 18.3 Å². The zero-order chi connectivity index (χ0) is 9.68. The Hall–Kier alpha value is -1.69. The van der Waals surface area contributed by atoms with E-state index >= 15 is 0 Å². The van der Waals surface area contributed by atoms with Crippen LogP contribution in [0.2, 0.25) is 0 Å². The number of benzene rings is 1. The third kappa shape index (κ3) is 2.38. The van der Waals surface area contributed by atoms with Crippen molar-refractivity contribution in [3.05, 3.63) is 23.8 Å². The molecular weight excluding hydrogens is 164 g/mol. The topological polar surface area (TPSA) is 45.0 Å². The number of nitriles is 1. The van der Waals surface area contributed by atoms with Crippen LogP contribution in [0.25, 0.3) is 0 Å². The number of ether oxygens (including phenoxy) is 1. The van der Waals surface area contributed by atoms with E-state index in [-0.39, 0.29) is 0 Å². The summed E-state index contributed by atoms with van der Waals surface area (Å²) in [5.74, 6) is 0.833. The molecule has 68 valence electrons. The molecule has 0 saturated carbocycles.